The zero-order valence-corrected chi connectivity index (χ0v) is 9.94. The van der Waals surface area contributed by atoms with Crippen molar-refractivity contribution < 1.29 is 4.52 Å². The number of nitrogens with zero attached hydrogens (tertiary/aromatic N) is 1. The Balaban J connectivity index is 1.91. The third-order valence-electron chi connectivity index (χ3n) is 3.60. The fraction of sp³-hybridized carbons (Fsp3) is 0.357. The van der Waals surface area contributed by atoms with E-state index >= 15 is 0 Å². The molecule has 1 aliphatic carbocycles. The number of fused-ring (bicyclic) bond motifs is 1. The van der Waals surface area contributed by atoms with Gasteiger partial charge in [0.2, 0.25) is 0 Å². The van der Waals surface area contributed by atoms with Gasteiger partial charge in [-0.05, 0) is 37.3 Å². The summed E-state index contributed by atoms with van der Waals surface area (Å²) in [6, 6.07) is 6.69. The molecule has 1 aromatic carbocycles. The van der Waals surface area contributed by atoms with Gasteiger partial charge in [-0.2, -0.15) is 0 Å². The van der Waals surface area contributed by atoms with E-state index in [9.17, 15) is 0 Å². The Morgan fingerprint density at radius 2 is 2.24 bits per heavy atom. The highest BCUT2D eigenvalue weighted by Crippen LogP contribution is 2.34. The van der Waals surface area contributed by atoms with Crippen LogP contribution in [0, 0.1) is 6.92 Å². The highest BCUT2D eigenvalue weighted by Gasteiger charge is 2.24. The third kappa shape index (κ3) is 1.82. The summed E-state index contributed by atoms with van der Waals surface area (Å²) in [5, 5.41) is 4.03. The number of nitrogens with two attached hydrogens (primary N) is 1. The molecule has 0 aliphatic heterocycles. The van der Waals surface area contributed by atoms with Gasteiger partial charge >= 0.3 is 0 Å². The van der Waals surface area contributed by atoms with Gasteiger partial charge in [0.25, 0.3) is 0 Å². The van der Waals surface area contributed by atoms with Crippen molar-refractivity contribution in [2.75, 3.05) is 5.73 Å². The number of hydrogen-bond donors (Lipinski definition) is 1. The van der Waals surface area contributed by atoms with Gasteiger partial charge in [0.15, 0.2) is 0 Å². The molecule has 0 radical (unpaired) electrons. The monoisotopic (exact) mass is 228 g/mol. The zero-order valence-electron chi connectivity index (χ0n) is 9.94. The molecule has 0 saturated carbocycles. The number of anilines is 1. The van der Waals surface area contributed by atoms with E-state index in [0.717, 1.165) is 25.0 Å². The van der Waals surface area contributed by atoms with E-state index < -0.39 is 0 Å². The number of nitrogen functional groups attached to an aromatic ring is 1. The normalized spacial score (nSPS) is 19.0. The largest absolute Gasteiger partial charge is 0.395 e. The van der Waals surface area contributed by atoms with Gasteiger partial charge in [-0.25, -0.2) is 0 Å². The highest BCUT2D eigenvalue weighted by atomic mass is 16.5. The molecule has 1 unspecified atom stereocenters. The number of hydrogen-bond acceptors (Lipinski definition) is 3. The first kappa shape index (κ1) is 10.4. The van der Waals surface area contributed by atoms with Crippen molar-refractivity contribution in [1.29, 1.82) is 0 Å². The Hall–Kier alpha value is -1.77. The summed E-state index contributed by atoms with van der Waals surface area (Å²) < 4.78 is 4.93. The first-order valence-corrected chi connectivity index (χ1v) is 6.02. The quantitative estimate of drug-likeness (QED) is 0.816. The number of benzene rings is 1. The smallest absolute Gasteiger partial charge is 0.147 e. The van der Waals surface area contributed by atoms with Crippen LogP contribution in [0.15, 0.2) is 29.0 Å². The van der Waals surface area contributed by atoms with Crippen LogP contribution < -0.4 is 5.73 Å². The lowest BCUT2D eigenvalue weighted by molar-refractivity contribution is 0.399. The molecule has 0 bridgehead atoms. The van der Waals surface area contributed by atoms with Crippen LogP contribution in [0.25, 0.3) is 0 Å². The average Bonchev–Trinajstić information content (AvgIpc) is 2.75. The van der Waals surface area contributed by atoms with Crippen LogP contribution in [0.2, 0.25) is 0 Å². The number of aromatic nitrogens is 1. The third-order valence-corrected chi connectivity index (χ3v) is 3.60. The average molecular weight is 228 g/mol. The van der Waals surface area contributed by atoms with Crippen molar-refractivity contribution in [3.05, 3.63) is 46.8 Å². The molecule has 2 N–H and O–H groups in total. The van der Waals surface area contributed by atoms with Gasteiger partial charge in [0.1, 0.15) is 12.0 Å². The van der Waals surface area contributed by atoms with E-state index in [1.165, 1.54) is 23.0 Å². The molecule has 88 valence electrons. The second-order valence-electron chi connectivity index (χ2n) is 4.87. The van der Waals surface area contributed by atoms with Gasteiger partial charge in [0, 0.05) is 5.92 Å². The summed E-state index contributed by atoms with van der Waals surface area (Å²) in [5.74, 6) is 0.406. The fourth-order valence-corrected chi connectivity index (χ4v) is 2.68. The summed E-state index contributed by atoms with van der Waals surface area (Å²) in [6.07, 6.45) is 4.76. The molecule has 0 amide bonds. The molecule has 0 saturated heterocycles. The van der Waals surface area contributed by atoms with Crippen molar-refractivity contribution in [3.8, 4) is 0 Å². The standard InChI is InChI=1S/C14H16N2O/c1-9-2-3-11-7-12(5-4-10(11)6-9)14-13(15)8-17-16-14/h2-3,6,8,12H,4-5,7,15H2,1H3. The molecule has 1 aromatic heterocycles. The first-order chi connectivity index (χ1) is 8.24. The predicted octanol–water partition coefficient (Wildman–Crippen LogP) is 2.84. The van der Waals surface area contributed by atoms with Crippen LogP contribution in [0.3, 0.4) is 0 Å². The zero-order chi connectivity index (χ0) is 11.8. The Morgan fingerprint density at radius 1 is 1.35 bits per heavy atom. The van der Waals surface area contributed by atoms with Crippen molar-refractivity contribution in [3.63, 3.8) is 0 Å². The molecule has 1 atom stereocenters. The van der Waals surface area contributed by atoms with E-state index in [1.54, 1.807) is 0 Å². The van der Waals surface area contributed by atoms with Gasteiger partial charge < -0.3 is 10.3 Å². The Morgan fingerprint density at radius 3 is 3.00 bits per heavy atom. The van der Waals surface area contributed by atoms with Gasteiger partial charge in [0.05, 0.1) is 5.69 Å². The molecule has 3 nitrogen and oxygen atoms in total. The van der Waals surface area contributed by atoms with Crippen LogP contribution in [-0.2, 0) is 12.8 Å². The lowest BCUT2D eigenvalue weighted by Crippen LogP contribution is -2.14. The van der Waals surface area contributed by atoms with Crippen LogP contribution >= 0.6 is 0 Å². The summed E-state index contributed by atoms with van der Waals surface area (Å²) in [6.45, 7) is 2.14. The molecule has 1 heterocycles. The Kier molecular flexibility index (Phi) is 2.39. The molecule has 0 spiro atoms. The molecule has 2 aromatic rings. The van der Waals surface area contributed by atoms with E-state index in [1.807, 2.05) is 0 Å². The molecule has 3 heteroatoms. The minimum absolute atomic E-state index is 0.406. The van der Waals surface area contributed by atoms with Crippen molar-refractivity contribution >= 4 is 5.69 Å². The maximum Gasteiger partial charge on any atom is 0.147 e. The topological polar surface area (TPSA) is 52.0 Å². The van der Waals surface area contributed by atoms with E-state index in [4.69, 9.17) is 10.3 Å². The molecular weight excluding hydrogens is 212 g/mol. The fourth-order valence-electron chi connectivity index (χ4n) is 2.68. The number of rotatable bonds is 1. The van der Waals surface area contributed by atoms with Crippen LogP contribution in [0.5, 0.6) is 0 Å². The summed E-state index contributed by atoms with van der Waals surface area (Å²) >= 11 is 0. The van der Waals surface area contributed by atoms with E-state index in [-0.39, 0.29) is 0 Å². The maximum atomic E-state index is 5.86. The van der Waals surface area contributed by atoms with Gasteiger partial charge in [-0.1, -0.05) is 28.9 Å². The molecular formula is C14H16N2O. The first-order valence-electron chi connectivity index (χ1n) is 6.02. The summed E-state index contributed by atoms with van der Waals surface area (Å²) in [5.41, 5.74) is 11.7. The van der Waals surface area contributed by atoms with Gasteiger partial charge in [-0.15, -0.1) is 0 Å². The second-order valence-corrected chi connectivity index (χ2v) is 4.87. The number of aryl methyl sites for hydroxylation is 2. The SMILES string of the molecule is Cc1ccc2c(c1)CCC(c1nocc1N)C2. The van der Waals surface area contributed by atoms with E-state index in [2.05, 4.69) is 30.3 Å². The van der Waals surface area contributed by atoms with Gasteiger partial charge in [-0.3, -0.25) is 0 Å². The van der Waals surface area contributed by atoms with Crippen LogP contribution in [0.1, 0.15) is 34.7 Å². The molecule has 3 rings (SSSR count). The van der Waals surface area contributed by atoms with Crippen molar-refractivity contribution in [2.45, 2.75) is 32.1 Å². The van der Waals surface area contributed by atoms with E-state index in [0.29, 0.717) is 11.6 Å². The Labute approximate surface area is 101 Å². The molecule has 0 fully saturated rings. The van der Waals surface area contributed by atoms with Crippen molar-refractivity contribution in [2.24, 2.45) is 0 Å². The second kappa shape index (κ2) is 3.91. The highest BCUT2D eigenvalue weighted by molar-refractivity contribution is 5.44. The maximum absolute atomic E-state index is 5.86. The summed E-state index contributed by atoms with van der Waals surface area (Å²) in [4.78, 5) is 0. The minimum Gasteiger partial charge on any atom is -0.395 e. The predicted molar refractivity (Wildman–Crippen MR) is 66.9 cm³/mol. The van der Waals surface area contributed by atoms with Crippen molar-refractivity contribution in [1.82, 2.24) is 5.16 Å². The Bertz CT molecular complexity index is 545. The summed E-state index contributed by atoms with van der Waals surface area (Å²) in [7, 11) is 0. The molecule has 17 heavy (non-hydrogen) atoms. The minimum atomic E-state index is 0.406. The molecule has 1 aliphatic rings. The lowest BCUT2D eigenvalue weighted by atomic mass is 9.81. The van der Waals surface area contributed by atoms with Crippen LogP contribution in [0.4, 0.5) is 5.69 Å². The van der Waals surface area contributed by atoms with Crippen LogP contribution in [-0.4, -0.2) is 5.16 Å². The lowest BCUT2D eigenvalue weighted by Gasteiger charge is -2.23.